The molecule has 2 atom stereocenters. The number of aromatic nitrogens is 2. The lowest BCUT2D eigenvalue weighted by atomic mass is 10.1. The molecule has 3 heterocycles. The molecular formula is C17H21ClN4O2S. The largest absolute Gasteiger partial charge is 0.310 e. The normalized spacial score (nSPS) is 23.7. The molecule has 2 fully saturated rings. The van der Waals surface area contributed by atoms with Crippen LogP contribution < -0.4 is 5.32 Å². The molecule has 0 radical (unpaired) electrons. The lowest BCUT2D eigenvalue weighted by Gasteiger charge is -2.23. The molecule has 1 aromatic carbocycles. The average molecular weight is 381 g/mol. The van der Waals surface area contributed by atoms with Crippen molar-refractivity contribution in [2.24, 2.45) is 0 Å². The first-order valence-electron chi connectivity index (χ1n) is 8.26. The highest BCUT2D eigenvalue weighted by atomic mass is 35.5. The molecule has 8 heteroatoms. The molecule has 6 nitrogen and oxygen atoms in total. The van der Waals surface area contributed by atoms with Gasteiger partial charge in [0.25, 0.3) is 0 Å². The summed E-state index contributed by atoms with van der Waals surface area (Å²) >= 11 is 0. The number of nitrogens with zero attached hydrogens (tertiary/aromatic N) is 3. The highest BCUT2D eigenvalue weighted by Crippen LogP contribution is 2.25. The van der Waals surface area contributed by atoms with E-state index in [1.807, 2.05) is 30.3 Å². The van der Waals surface area contributed by atoms with E-state index in [1.165, 1.54) is 12.4 Å². The summed E-state index contributed by atoms with van der Waals surface area (Å²) in [4.78, 5) is 8.66. The minimum atomic E-state index is -3.54. The zero-order valence-corrected chi connectivity index (χ0v) is 15.3. The van der Waals surface area contributed by atoms with Gasteiger partial charge in [0, 0.05) is 30.7 Å². The van der Waals surface area contributed by atoms with E-state index in [0.717, 1.165) is 24.8 Å². The van der Waals surface area contributed by atoms with E-state index >= 15 is 0 Å². The van der Waals surface area contributed by atoms with E-state index in [9.17, 15) is 8.42 Å². The van der Waals surface area contributed by atoms with Gasteiger partial charge >= 0.3 is 0 Å². The number of benzene rings is 1. The second kappa shape index (κ2) is 7.37. The quantitative estimate of drug-likeness (QED) is 0.882. The van der Waals surface area contributed by atoms with E-state index in [-0.39, 0.29) is 23.3 Å². The fourth-order valence-electron chi connectivity index (χ4n) is 3.46. The highest BCUT2D eigenvalue weighted by molar-refractivity contribution is 7.89. The average Bonchev–Trinajstić information content (AvgIpc) is 2.94. The van der Waals surface area contributed by atoms with Crippen molar-refractivity contribution in [2.75, 3.05) is 13.1 Å². The van der Waals surface area contributed by atoms with Crippen molar-refractivity contribution in [1.29, 1.82) is 0 Å². The monoisotopic (exact) mass is 380 g/mol. The van der Waals surface area contributed by atoms with E-state index in [4.69, 9.17) is 0 Å². The Balaban J connectivity index is 0.00000182. The number of hydrogen-bond donors (Lipinski definition) is 1. The fourth-order valence-corrected chi connectivity index (χ4v) is 4.86. The Morgan fingerprint density at radius 3 is 2.40 bits per heavy atom. The van der Waals surface area contributed by atoms with E-state index in [2.05, 4.69) is 15.3 Å². The van der Waals surface area contributed by atoms with Crippen molar-refractivity contribution in [3.63, 3.8) is 0 Å². The van der Waals surface area contributed by atoms with Crippen LogP contribution in [0.2, 0.25) is 0 Å². The first-order valence-corrected chi connectivity index (χ1v) is 9.70. The standard InChI is InChI=1S/C17H20N4O2S.ClH/c22-24(23,21-9-8-14-6-7-15(12-21)20-14)16-10-18-17(19-11-16)13-4-2-1-3-5-13;/h1-5,10-11,14-15,20H,6-9,12H2;1H. The van der Waals surface area contributed by atoms with Gasteiger partial charge in [-0.1, -0.05) is 30.3 Å². The molecule has 2 unspecified atom stereocenters. The summed E-state index contributed by atoms with van der Waals surface area (Å²) in [5.74, 6) is 0.533. The van der Waals surface area contributed by atoms with Crippen molar-refractivity contribution < 1.29 is 8.42 Å². The van der Waals surface area contributed by atoms with Crippen molar-refractivity contribution in [2.45, 2.75) is 36.2 Å². The number of hydrogen-bond acceptors (Lipinski definition) is 5. The predicted molar refractivity (Wildman–Crippen MR) is 98.0 cm³/mol. The Bertz CT molecular complexity index is 814. The predicted octanol–water partition coefficient (Wildman–Crippen LogP) is 2.08. The van der Waals surface area contributed by atoms with Crippen LogP contribution >= 0.6 is 12.4 Å². The summed E-state index contributed by atoms with van der Waals surface area (Å²) in [6.07, 6.45) is 5.88. The van der Waals surface area contributed by atoms with Crippen LogP contribution in [0.5, 0.6) is 0 Å². The number of sulfonamides is 1. The van der Waals surface area contributed by atoms with Gasteiger partial charge in [-0.3, -0.25) is 0 Å². The van der Waals surface area contributed by atoms with Crippen LogP contribution in [0.15, 0.2) is 47.6 Å². The molecule has 0 saturated carbocycles. The molecule has 2 aliphatic rings. The minimum absolute atomic E-state index is 0. The maximum absolute atomic E-state index is 12.9. The number of nitrogens with one attached hydrogen (secondary N) is 1. The van der Waals surface area contributed by atoms with Gasteiger partial charge in [0.05, 0.1) is 12.4 Å². The fraction of sp³-hybridized carbons (Fsp3) is 0.412. The Hall–Kier alpha value is -1.54. The van der Waals surface area contributed by atoms with E-state index in [0.29, 0.717) is 25.0 Å². The van der Waals surface area contributed by atoms with Gasteiger partial charge in [-0.25, -0.2) is 18.4 Å². The molecule has 0 aliphatic carbocycles. The Kier molecular flexibility index (Phi) is 5.38. The van der Waals surface area contributed by atoms with Gasteiger partial charge < -0.3 is 5.32 Å². The molecule has 25 heavy (non-hydrogen) atoms. The first-order chi connectivity index (χ1) is 11.6. The highest BCUT2D eigenvalue weighted by Gasteiger charge is 2.35. The second-order valence-electron chi connectivity index (χ2n) is 6.40. The summed E-state index contributed by atoms with van der Waals surface area (Å²) in [7, 11) is -3.54. The van der Waals surface area contributed by atoms with Crippen molar-refractivity contribution >= 4 is 22.4 Å². The molecule has 0 spiro atoms. The minimum Gasteiger partial charge on any atom is -0.310 e. The van der Waals surface area contributed by atoms with Gasteiger partial charge in [-0.2, -0.15) is 4.31 Å². The van der Waals surface area contributed by atoms with E-state index < -0.39 is 10.0 Å². The van der Waals surface area contributed by atoms with Gasteiger partial charge in [0.15, 0.2) is 5.82 Å². The molecule has 2 aromatic rings. The van der Waals surface area contributed by atoms with Crippen molar-refractivity contribution in [1.82, 2.24) is 19.6 Å². The summed E-state index contributed by atoms with van der Waals surface area (Å²) in [6, 6.07) is 10.2. The molecule has 2 aliphatic heterocycles. The van der Waals surface area contributed by atoms with Crippen LogP contribution in [0.1, 0.15) is 19.3 Å². The smallest absolute Gasteiger partial charge is 0.246 e. The zero-order valence-electron chi connectivity index (χ0n) is 13.7. The number of halogens is 1. The van der Waals surface area contributed by atoms with Crippen LogP contribution in [-0.2, 0) is 10.0 Å². The van der Waals surface area contributed by atoms with Crippen LogP contribution in [-0.4, -0.2) is 47.9 Å². The molecule has 0 amide bonds. The molecule has 2 saturated heterocycles. The lowest BCUT2D eigenvalue weighted by molar-refractivity contribution is 0.383. The molecule has 1 aromatic heterocycles. The van der Waals surface area contributed by atoms with Crippen LogP contribution in [0.3, 0.4) is 0 Å². The Labute approximate surface area is 154 Å². The zero-order chi connectivity index (χ0) is 16.6. The summed E-state index contributed by atoms with van der Waals surface area (Å²) in [5, 5.41) is 3.50. The molecule has 134 valence electrons. The third-order valence-corrected chi connectivity index (χ3v) is 6.60. The second-order valence-corrected chi connectivity index (χ2v) is 8.34. The summed E-state index contributed by atoms with van der Waals surface area (Å²) in [5.41, 5.74) is 0.873. The maximum Gasteiger partial charge on any atom is 0.246 e. The Morgan fingerprint density at radius 2 is 1.68 bits per heavy atom. The summed E-state index contributed by atoms with van der Waals surface area (Å²) < 4.78 is 27.3. The first kappa shape index (κ1) is 18.3. The van der Waals surface area contributed by atoms with Crippen molar-refractivity contribution in [3.05, 3.63) is 42.7 Å². The number of rotatable bonds is 3. The van der Waals surface area contributed by atoms with Gasteiger partial charge in [-0.05, 0) is 19.3 Å². The van der Waals surface area contributed by atoms with Gasteiger partial charge in [0.2, 0.25) is 10.0 Å². The van der Waals surface area contributed by atoms with Crippen LogP contribution in [0.25, 0.3) is 11.4 Å². The van der Waals surface area contributed by atoms with Crippen LogP contribution in [0.4, 0.5) is 0 Å². The molecule has 4 rings (SSSR count). The lowest BCUT2D eigenvalue weighted by Crippen LogP contribution is -2.39. The van der Waals surface area contributed by atoms with Gasteiger partial charge in [-0.15, -0.1) is 12.4 Å². The maximum atomic E-state index is 12.9. The van der Waals surface area contributed by atoms with Crippen molar-refractivity contribution in [3.8, 4) is 11.4 Å². The number of fused-ring (bicyclic) bond motifs is 2. The SMILES string of the molecule is Cl.O=S(=O)(c1cnc(-c2ccccc2)nc1)N1CCC2CCC(C1)N2. The third kappa shape index (κ3) is 3.69. The van der Waals surface area contributed by atoms with Gasteiger partial charge in [0.1, 0.15) is 4.90 Å². The van der Waals surface area contributed by atoms with Crippen LogP contribution in [0, 0.1) is 0 Å². The molecular weight excluding hydrogens is 360 g/mol. The molecule has 2 bridgehead atoms. The topological polar surface area (TPSA) is 75.2 Å². The van der Waals surface area contributed by atoms with E-state index in [1.54, 1.807) is 4.31 Å². The summed E-state index contributed by atoms with van der Waals surface area (Å²) in [6.45, 7) is 1.08. The third-order valence-electron chi connectivity index (χ3n) is 4.78. The molecule has 1 N–H and O–H groups in total. The Morgan fingerprint density at radius 1 is 1.00 bits per heavy atom.